The predicted octanol–water partition coefficient (Wildman–Crippen LogP) is 2.15. The molecule has 1 aliphatic carbocycles. The Kier molecular flexibility index (Phi) is 5.12. The lowest BCUT2D eigenvalue weighted by Crippen LogP contribution is -2.37. The monoisotopic (exact) mass is 297 g/mol. The highest BCUT2D eigenvalue weighted by Gasteiger charge is 2.19. The van der Waals surface area contributed by atoms with Crippen LogP contribution in [0.25, 0.3) is 0 Å². The van der Waals surface area contributed by atoms with Gasteiger partial charge in [0.25, 0.3) is 5.91 Å². The molecule has 1 amide bonds. The molecule has 1 fully saturated rings. The van der Waals surface area contributed by atoms with Crippen molar-refractivity contribution in [3.63, 3.8) is 0 Å². The summed E-state index contributed by atoms with van der Waals surface area (Å²) in [5, 5.41) is 2.67. The number of halogens is 2. The van der Waals surface area contributed by atoms with Crippen LogP contribution >= 0.6 is 0 Å². The van der Waals surface area contributed by atoms with Crippen molar-refractivity contribution in [2.75, 3.05) is 25.9 Å². The molecule has 0 spiro atoms. The van der Waals surface area contributed by atoms with E-state index in [-0.39, 0.29) is 5.56 Å². The first-order valence-corrected chi connectivity index (χ1v) is 7.22. The molecule has 0 atom stereocenters. The Morgan fingerprint density at radius 3 is 2.48 bits per heavy atom. The second-order valence-corrected chi connectivity index (χ2v) is 5.53. The molecule has 0 radical (unpaired) electrons. The van der Waals surface area contributed by atoms with Gasteiger partial charge in [-0.3, -0.25) is 4.79 Å². The molecular formula is C15H21F2N3O. The summed E-state index contributed by atoms with van der Waals surface area (Å²) in [5.41, 5.74) is 4.56. The number of nitrogens with one attached hydrogen (secondary N) is 1. The fourth-order valence-electron chi connectivity index (χ4n) is 2.69. The molecular weight excluding hydrogens is 276 g/mol. The van der Waals surface area contributed by atoms with Crippen molar-refractivity contribution in [2.45, 2.75) is 31.7 Å². The van der Waals surface area contributed by atoms with Gasteiger partial charge in [0.15, 0.2) is 0 Å². The van der Waals surface area contributed by atoms with Gasteiger partial charge in [-0.25, -0.2) is 8.78 Å². The van der Waals surface area contributed by atoms with Gasteiger partial charge in [0.05, 0.1) is 0 Å². The van der Waals surface area contributed by atoms with Gasteiger partial charge in [-0.15, -0.1) is 0 Å². The number of benzene rings is 1. The van der Waals surface area contributed by atoms with E-state index in [0.717, 1.165) is 18.7 Å². The molecule has 0 aliphatic heterocycles. The first-order valence-electron chi connectivity index (χ1n) is 7.22. The highest BCUT2D eigenvalue weighted by Crippen LogP contribution is 2.22. The SMILES string of the molecule is CN(CCNC(=O)c1cc(F)c(N)c(F)c1)C1CCCC1. The fraction of sp³-hybridized carbons (Fsp3) is 0.533. The summed E-state index contributed by atoms with van der Waals surface area (Å²) in [5.74, 6) is -2.32. The van der Waals surface area contributed by atoms with Crippen LogP contribution in [0.5, 0.6) is 0 Å². The van der Waals surface area contributed by atoms with Crippen molar-refractivity contribution in [3.05, 3.63) is 29.3 Å². The number of rotatable bonds is 5. The second-order valence-electron chi connectivity index (χ2n) is 5.53. The van der Waals surface area contributed by atoms with Crippen LogP contribution in [0.15, 0.2) is 12.1 Å². The van der Waals surface area contributed by atoms with E-state index in [1.54, 1.807) is 0 Å². The zero-order valence-corrected chi connectivity index (χ0v) is 12.2. The lowest BCUT2D eigenvalue weighted by molar-refractivity contribution is 0.0946. The Morgan fingerprint density at radius 1 is 1.33 bits per heavy atom. The number of anilines is 1. The third-order valence-corrected chi connectivity index (χ3v) is 4.04. The normalized spacial score (nSPS) is 15.6. The third kappa shape index (κ3) is 3.91. The first-order chi connectivity index (χ1) is 9.99. The lowest BCUT2D eigenvalue weighted by Gasteiger charge is -2.23. The minimum absolute atomic E-state index is 0.0530. The Balaban J connectivity index is 1.84. The zero-order valence-electron chi connectivity index (χ0n) is 12.2. The Hall–Kier alpha value is -1.69. The first kappa shape index (κ1) is 15.7. The van der Waals surface area contributed by atoms with Gasteiger partial charge in [0.1, 0.15) is 17.3 Å². The van der Waals surface area contributed by atoms with E-state index in [1.807, 2.05) is 7.05 Å². The maximum absolute atomic E-state index is 13.3. The second kappa shape index (κ2) is 6.85. The van der Waals surface area contributed by atoms with E-state index >= 15 is 0 Å². The van der Waals surface area contributed by atoms with E-state index in [2.05, 4.69) is 10.2 Å². The van der Waals surface area contributed by atoms with Crippen LogP contribution in [-0.4, -0.2) is 37.0 Å². The molecule has 21 heavy (non-hydrogen) atoms. The molecule has 1 saturated carbocycles. The summed E-state index contributed by atoms with van der Waals surface area (Å²) >= 11 is 0. The molecule has 0 unspecified atom stereocenters. The summed E-state index contributed by atoms with van der Waals surface area (Å²) in [6.07, 6.45) is 4.90. The van der Waals surface area contributed by atoms with Crippen molar-refractivity contribution >= 4 is 11.6 Å². The van der Waals surface area contributed by atoms with E-state index in [4.69, 9.17) is 5.73 Å². The smallest absolute Gasteiger partial charge is 0.251 e. The number of nitrogens with zero attached hydrogens (tertiary/aromatic N) is 1. The van der Waals surface area contributed by atoms with Gasteiger partial charge >= 0.3 is 0 Å². The molecule has 116 valence electrons. The number of amides is 1. The Morgan fingerprint density at radius 2 is 1.90 bits per heavy atom. The van der Waals surface area contributed by atoms with Gasteiger partial charge in [-0.05, 0) is 32.0 Å². The summed E-state index contributed by atoms with van der Waals surface area (Å²) in [6.45, 7) is 1.16. The Labute approximate surface area is 123 Å². The maximum Gasteiger partial charge on any atom is 0.251 e. The van der Waals surface area contributed by atoms with Crippen molar-refractivity contribution < 1.29 is 13.6 Å². The molecule has 0 bridgehead atoms. The summed E-state index contributed by atoms with van der Waals surface area (Å²) < 4.78 is 26.6. The van der Waals surface area contributed by atoms with Crippen LogP contribution in [0, 0.1) is 11.6 Å². The number of nitrogen functional groups attached to an aromatic ring is 1. The molecule has 4 nitrogen and oxygen atoms in total. The largest absolute Gasteiger partial charge is 0.394 e. The molecule has 1 aromatic rings. The van der Waals surface area contributed by atoms with Crippen LogP contribution in [0.1, 0.15) is 36.0 Å². The molecule has 3 N–H and O–H groups in total. The predicted molar refractivity (Wildman–Crippen MR) is 78.0 cm³/mol. The van der Waals surface area contributed by atoms with Gasteiger partial charge in [0.2, 0.25) is 0 Å². The topological polar surface area (TPSA) is 58.4 Å². The average Bonchev–Trinajstić information content (AvgIpc) is 2.98. The van der Waals surface area contributed by atoms with Crippen LogP contribution in [-0.2, 0) is 0 Å². The molecule has 1 aliphatic rings. The highest BCUT2D eigenvalue weighted by atomic mass is 19.1. The number of hydrogen-bond acceptors (Lipinski definition) is 3. The number of nitrogens with two attached hydrogens (primary N) is 1. The fourth-order valence-corrected chi connectivity index (χ4v) is 2.69. The van der Waals surface area contributed by atoms with E-state index in [1.165, 1.54) is 25.7 Å². The van der Waals surface area contributed by atoms with Crippen LogP contribution in [0.2, 0.25) is 0 Å². The number of likely N-dealkylation sites (N-methyl/N-ethyl adjacent to an activating group) is 1. The van der Waals surface area contributed by atoms with Crippen LogP contribution < -0.4 is 11.1 Å². The van der Waals surface area contributed by atoms with Crippen molar-refractivity contribution in [1.82, 2.24) is 10.2 Å². The minimum Gasteiger partial charge on any atom is -0.394 e. The van der Waals surface area contributed by atoms with E-state index < -0.39 is 23.2 Å². The zero-order chi connectivity index (χ0) is 15.4. The average molecular weight is 297 g/mol. The number of carbonyl (C=O) groups is 1. The molecule has 2 rings (SSSR count). The van der Waals surface area contributed by atoms with Crippen molar-refractivity contribution in [1.29, 1.82) is 0 Å². The minimum atomic E-state index is -0.914. The number of carbonyl (C=O) groups excluding carboxylic acids is 1. The highest BCUT2D eigenvalue weighted by molar-refractivity contribution is 5.94. The summed E-state index contributed by atoms with van der Waals surface area (Å²) in [4.78, 5) is 14.1. The number of hydrogen-bond donors (Lipinski definition) is 2. The molecule has 1 aromatic carbocycles. The quantitative estimate of drug-likeness (QED) is 0.819. The molecule has 0 aromatic heterocycles. The van der Waals surface area contributed by atoms with Gasteiger partial charge in [-0.1, -0.05) is 12.8 Å². The third-order valence-electron chi connectivity index (χ3n) is 4.04. The van der Waals surface area contributed by atoms with E-state index in [0.29, 0.717) is 12.6 Å². The molecule has 6 heteroatoms. The van der Waals surface area contributed by atoms with Gasteiger partial charge < -0.3 is 16.0 Å². The lowest BCUT2D eigenvalue weighted by atomic mass is 10.1. The van der Waals surface area contributed by atoms with Crippen LogP contribution in [0.3, 0.4) is 0 Å². The van der Waals surface area contributed by atoms with Crippen molar-refractivity contribution in [3.8, 4) is 0 Å². The molecule has 0 heterocycles. The standard InChI is InChI=1S/C15H21F2N3O/c1-20(11-4-2-3-5-11)7-6-19-15(21)10-8-12(16)14(18)13(17)9-10/h8-9,11H,2-7,18H2,1H3,(H,19,21). The van der Waals surface area contributed by atoms with E-state index in [9.17, 15) is 13.6 Å². The van der Waals surface area contributed by atoms with Gasteiger partial charge in [0, 0.05) is 24.7 Å². The Bertz CT molecular complexity index is 493. The summed E-state index contributed by atoms with van der Waals surface area (Å²) in [7, 11) is 2.03. The van der Waals surface area contributed by atoms with Gasteiger partial charge in [-0.2, -0.15) is 0 Å². The van der Waals surface area contributed by atoms with Crippen molar-refractivity contribution in [2.24, 2.45) is 0 Å². The molecule has 0 saturated heterocycles. The maximum atomic E-state index is 13.3. The van der Waals surface area contributed by atoms with Crippen LogP contribution in [0.4, 0.5) is 14.5 Å². The summed E-state index contributed by atoms with van der Waals surface area (Å²) in [6, 6.07) is 2.48.